The van der Waals surface area contributed by atoms with Crippen molar-refractivity contribution in [2.24, 2.45) is 0 Å². The molecule has 98 valence electrons. The van der Waals surface area contributed by atoms with E-state index in [1.165, 1.54) is 17.2 Å². The van der Waals surface area contributed by atoms with Crippen molar-refractivity contribution in [3.05, 3.63) is 12.3 Å². The molecule has 2 heterocycles. The van der Waals surface area contributed by atoms with Gasteiger partial charge in [0.2, 0.25) is 5.88 Å². The van der Waals surface area contributed by atoms with Crippen LogP contribution >= 0.6 is 0 Å². The number of carbonyl (C=O) groups is 1. The first-order valence-electron chi connectivity index (χ1n) is 5.69. The molecule has 0 aromatic carbocycles. The minimum atomic E-state index is -0.570. The van der Waals surface area contributed by atoms with E-state index in [9.17, 15) is 9.90 Å². The second kappa shape index (κ2) is 4.36. The fourth-order valence-corrected chi connectivity index (χ4v) is 1.60. The van der Waals surface area contributed by atoms with Crippen LogP contribution in [0.4, 0.5) is 10.5 Å². The number of hydrogen-bond donors (Lipinski definition) is 1. The van der Waals surface area contributed by atoms with E-state index in [4.69, 9.17) is 9.47 Å². The molecule has 0 saturated carbocycles. The lowest BCUT2D eigenvalue weighted by Gasteiger charge is -2.30. The molecule has 0 atom stereocenters. The first-order valence-corrected chi connectivity index (χ1v) is 5.69. The number of nitrogens with zero attached hydrogens (tertiary/aromatic N) is 2. The van der Waals surface area contributed by atoms with Gasteiger partial charge in [0.15, 0.2) is 0 Å². The number of hydrogen-bond acceptors (Lipinski definition) is 5. The summed E-state index contributed by atoms with van der Waals surface area (Å²) in [5.41, 5.74) is -0.143. The molecule has 1 N–H and O–H groups in total. The average molecular weight is 252 g/mol. The summed E-state index contributed by atoms with van der Waals surface area (Å²) in [5.74, 6) is 0.303. The predicted molar refractivity (Wildman–Crippen MR) is 65.0 cm³/mol. The number of carbonyl (C=O) groups excluding carboxylic acids is 1. The average Bonchev–Trinajstić information content (AvgIpc) is 2.25. The quantitative estimate of drug-likeness (QED) is 0.763. The Kier molecular flexibility index (Phi) is 3.02. The lowest BCUT2D eigenvalue weighted by atomic mass is 10.2. The Morgan fingerprint density at radius 3 is 2.94 bits per heavy atom. The Labute approximate surface area is 105 Å². The standard InChI is InChI=1S/C12H16N2O4/c1-12(2,3)18-11(16)14-4-5-17-10-9(14)6-8(15)7-13-10/h6-7,15H,4-5H2,1-3H3. The van der Waals surface area contributed by atoms with E-state index < -0.39 is 11.7 Å². The zero-order chi connectivity index (χ0) is 13.3. The zero-order valence-corrected chi connectivity index (χ0v) is 10.6. The van der Waals surface area contributed by atoms with Crippen LogP contribution in [0, 0.1) is 0 Å². The number of rotatable bonds is 0. The molecule has 1 aromatic heterocycles. The van der Waals surface area contributed by atoms with Crippen LogP contribution in [0.2, 0.25) is 0 Å². The maximum atomic E-state index is 12.0. The van der Waals surface area contributed by atoms with Gasteiger partial charge in [-0.1, -0.05) is 0 Å². The van der Waals surface area contributed by atoms with E-state index in [0.29, 0.717) is 24.7 Å². The van der Waals surface area contributed by atoms with E-state index in [1.54, 1.807) is 20.8 Å². The van der Waals surface area contributed by atoms with Crippen LogP contribution in [0.25, 0.3) is 0 Å². The molecule has 6 heteroatoms. The van der Waals surface area contributed by atoms with Gasteiger partial charge in [-0.15, -0.1) is 0 Å². The van der Waals surface area contributed by atoms with E-state index in [1.807, 2.05) is 0 Å². The largest absolute Gasteiger partial charge is 0.506 e. The molecule has 0 fully saturated rings. The van der Waals surface area contributed by atoms with Gasteiger partial charge >= 0.3 is 6.09 Å². The van der Waals surface area contributed by atoms with Gasteiger partial charge in [0.05, 0.1) is 12.7 Å². The van der Waals surface area contributed by atoms with Crippen LogP contribution in [-0.4, -0.2) is 34.9 Å². The van der Waals surface area contributed by atoms with Crippen LogP contribution in [0.1, 0.15) is 20.8 Å². The van der Waals surface area contributed by atoms with Crippen LogP contribution < -0.4 is 9.64 Å². The summed E-state index contributed by atoms with van der Waals surface area (Å²) in [6.45, 7) is 6.12. The lowest BCUT2D eigenvalue weighted by Crippen LogP contribution is -2.41. The number of aromatic hydroxyl groups is 1. The Bertz CT molecular complexity index is 468. The summed E-state index contributed by atoms with van der Waals surface area (Å²) in [6, 6.07) is 1.44. The number of amides is 1. The zero-order valence-electron chi connectivity index (χ0n) is 10.6. The molecular weight excluding hydrogens is 236 g/mol. The third-order valence-electron chi connectivity index (χ3n) is 2.28. The summed E-state index contributed by atoms with van der Waals surface area (Å²) in [7, 11) is 0. The van der Waals surface area contributed by atoms with Gasteiger partial charge in [-0.05, 0) is 20.8 Å². The normalized spacial score (nSPS) is 14.7. The Morgan fingerprint density at radius 1 is 1.56 bits per heavy atom. The summed E-state index contributed by atoms with van der Waals surface area (Å²) in [5, 5.41) is 9.42. The molecule has 6 nitrogen and oxygen atoms in total. The number of anilines is 1. The fourth-order valence-electron chi connectivity index (χ4n) is 1.60. The maximum Gasteiger partial charge on any atom is 0.415 e. The van der Waals surface area contributed by atoms with E-state index in [0.717, 1.165) is 0 Å². The Balaban J connectivity index is 2.27. The molecule has 0 bridgehead atoms. The predicted octanol–water partition coefficient (Wildman–Crippen LogP) is 1.92. The minimum absolute atomic E-state index is 0.0205. The first-order chi connectivity index (χ1) is 8.37. The van der Waals surface area contributed by atoms with Gasteiger partial charge in [0.1, 0.15) is 23.6 Å². The van der Waals surface area contributed by atoms with Crippen molar-refractivity contribution in [3.63, 3.8) is 0 Å². The summed E-state index contributed by atoms with van der Waals surface area (Å²) in [4.78, 5) is 17.4. The Morgan fingerprint density at radius 2 is 2.28 bits per heavy atom. The molecule has 0 aliphatic carbocycles. The summed E-state index contributed by atoms with van der Waals surface area (Å²) >= 11 is 0. The second-order valence-electron chi connectivity index (χ2n) is 5.00. The molecule has 0 unspecified atom stereocenters. The van der Waals surface area contributed by atoms with Crippen molar-refractivity contribution in [1.29, 1.82) is 0 Å². The van der Waals surface area contributed by atoms with Gasteiger partial charge < -0.3 is 14.6 Å². The molecule has 2 rings (SSSR count). The molecule has 1 aromatic rings. The molecule has 0 spiro atoms. The highest BCUT2D eigenvalue weighted by Gasteiger charge is 2.29. The van der Waals surface area contributed by atoms with Crippen LogP contribution in [0.5, 0.6) is 11.6 Å². The highest BCUT2D eigenvalue weighted by Crippen LogP contribution is 2.32. The maximum absolute atomic E-state index is 12.0. The lowest BCUT2D eigenvalue weighted by molar-refractivity contribution is 0.0566. The molecule has 0 saturated heterocycles. The van der Waals surface area contributed by atoms with Crippen molar-refractivity contribution >= 4 is 11.8 Å². The first kappa shape index (κ1) is 12.5. The van der Waals surface area contributed by atoms with Crippen molar-refractivity contribution in [1.82, 2.24) is 4.98 Å². The summed E-state index contributed by atoms with van der Waals surface area (Å²) < 4.78 is 10.6. The molecule has 18 heavy (non-hydrogen) atoms. The van der Waals surface area contributed by atoms with Crippen LogP contribution in [0.3, 0.4) is 0 Å². The molecule has 1 aliphatic rings. The van der Waals surface area contributed by atoms with E-state index in [2.05, 4.69) is 4.98 Å². The van der Waals surface area contributed by atoms with Crippen molar-refractivity contribution < 1.29 is 19.4 Å². The number of ether oxygens (including phenoxy) is 2. The minimum Gasteiger partial charge on any atom is -0.506 e. The van der Waals surface area contributed by atoms with Gasteiger partial charge in [-0.3, -0.25) is 4.90 Å². The van der Waals surface area contributed by atoms with Crippen molar-refractivity contribution in [2.45, 2.75) is 26.4 Å². The van der Waals surface area contributed by atoms with Crippen LogP contribution in [0.15, 0.2) is 12.3 Å². The van der Waals surface area contributed by atoms with Crippen molar-refractivity contribution in [3.8, 4) is 11.6 Å². The van der Waals surface area contributed by atoms with Crippen LogP contribution in [-0.2, 0) is 4.74 Å². The molecule has 1 aliphatic heterocycles. The van der Waals surface area contributed by atoms with Gasteiger partial charge in [-0.25, -0.2) is 9.78 Å². The van der Waals surface area contributed by atoms with E-state index >= 15 is 0 Å². The molecule has 0 radical (unpaired) electrons. The summed E-state index contributed by atoms with van der Waals surface area (Å²) in [6.07, 6.45) is 0.802. The third kappa shape index (κ3) is 2.64. The topological polar surface area (TPSA) is 71.9 Å². The smallest absolute Gasteiger partial charge is 0.415 e. The highest BCUT2D eigenvalue weighted by atomic mass is 16.6. The van der Waals surface area contributed by atoms with Crippen molar-refractivity contribution in [2.75, 3.05) is 18.1 Å². The third-order valence-corrected chi connectivity index (χ3v) is 2.28. The molecule has 1 amide bonds. The number of fused-ring (bicyclic) bond motifs is 1. The molecular formula is C12H16N2O4. The fraction of sp³-hybridized carbons (Fsp3) is 0.500. The van der Waals surface area contributed by atoms with Gasteiger partial charge in [-0.2, -0.15) is 0 Å². The Hall–Kier alpha value is -1.98. The monoisotopic (exact) mass is 252 g/mol. The van der Waals surface area contributed by atoms with E-state index in [-0.39, 0.29) is 5.75 Å². The van der Waals surface area contributed by atoms with Gasteiger partial charge in [0.25, 0.3) is 0 Å². The SMILES string of the molecule is CC(C)(C)OC(=O)N1CCOc2ncc(O)cc21. The second-order valence-corrected chi connectivity index (χ2v) is 5.00. The van der Waals surface area contributed by atoms with Gasteiger partial charge in [0, 0.05) is 6.07 Å². The number of pyridine rings is 1. The number of aromatic nitrogens is 1. The highest BCUT2D eigenvalue weighted by molar-refractivity contribution is 5.90.